The Kier molecular flexibility index (Phi) is 15.2. The van der Waals surface area contributed by atoms with Crippen LogP contribution in [-0.2, 0) is 4.74 Å². The van der Waals surface area contributed by atoms with Crippen molar-refractivity contribution in [2.45, 2.75) is 123 Å². The van der Waals surface area contributed by atoms with Gasteiger partial charge in [-0.3, -0.25) is 0 Å². The molecule has 2 aromatic carbocycles. The number of rotatable bonds is 19. The minimum Gasteiger partial charge on any atom is -0.423 e. The molecule has 0 fully saturated rings. The molecule has 2 aromatic rings. The largest absolute Gasteiger partial charge is 0.423 e. The average molecular weight is 495 g/mol. The number of hydrogen-bond donors (Lipinski definition) is 0. The van der Waals surface area contributed by atoms with Crippen LogP contribution < -0.4 is 4.74 Å². The van der Waals surface area contributed by atoms with E-state index in [-0.39, 0.29) is 12.1 Å². The van der Waals surface area contributed by atoms with E-state index in [0.29, 0.717) is 17.2 Å². The molecule has 0 spiro atoms. The van der Waals surface area contributed by atoms with Gasteiger partial charge >= 0.3 is 5.97 Å². The highest BCUT2D eigenvalue weighted by molar-refractivity contribution is 5.91. The van der Waals surface area contributed by atoms with Gasteiger partial charge in [0, 0.05) is 6.61 Å². The molecule has 2 atom stereocenters. The molecule has 0 saturated carbocycles. The van der Waals surface area contributed by atoms with Crippen LogP contribution in [0.25, 0.3) is 0 Å². The lowest BCUT2D eigenvalue weighted by Crippen LogP contribution is -2.12. The summed E-state index contributed by atoms with van der Waals surface area (Å²) in [7, 11) is 0. The Hall–Kier alpha value is -2.13. The van der Waals surface area contributed by atoms with Gasteiger partial charge in [-0.15, -0.1) is 0 Å². The number of ether oxygens (including phenoxy) is 2. The van der Waals surface area contributed by atoms with Crippen LogP contribution in [0.3, 0.4) is 0 Å². The second-order valence-electron chi connectivity index (χ2n) is 10.2. The van der Waals surface area contributed by atoms with Gasteiger partial charge in [0.2, 0.25) is 0 Å². The van der Waals surface area contributed by atoms with E-state index >= 15 is 0 Å². The number of benzene rings is 2. The maximum absolute atomic E-state index is 13.0. The van der Waals surface area contributed by atoms with Gasteiger partial charge in [0.1, 0.15) is 5.75 Å². The molecule has 2 unspecified atom stereocenters. The summed E-state index contributed by atoms with van der Waals surface area (Å²) in [5.41, 5.74) is 2.82. The van der Waals surface area contributed by atoms with Crippen LogP contribution in [-0.4, -0.2) is 12.6 Å². The van der Waals surface area contributed by atoms with Gasteiger partial charge < -0.3 is 9.47 Å². The van der Waals surface area contributed by atoms with Gasteiger partial charge in [-0.2, -0.15) is 0 Å². The fraction of sp³-hybridized carbons (Fsp3) is 0.606. The van der Waals surface area contributed by atoms with E-state index < -0.39 is 0 Å². The zero-order chi connectivity index (χ0) is 26.0. The molecule has 0 aliphatic rings. The number of hydrogen-bond acceptors (Lipinski definition) is 3. The molecule has 0 aliphatic heterocycles. The van der Waals surface area contributed by atoms with Crippen molar-refractivity contribution < 1.29 is 14.3 Å². The van der Waals surface area contributed by atoms with Crippen molar-refractivity contribution in [3.05, 3.63) is 65.2 Å². The van der Waals surface area contributed by atoms with Crippen LogP contribution in [0.4, 0.5) is 0 Å². The van der Waals surface area contributed by atoms with E-state index in [2.05, 4.69) is 32.9 Å². The highest BCUT2D eigenvalue weighted by Crippen LogP contribution is 2.34. The lowest BCUT2D eigenvalue weighted by atomic mass is 9.88. The van der Waals surface area contributed by atoms with E-state index in [4.69, 9.17) is 9.47 Å². The van der Waals surface area contributed by atoms with Gasteiger partial charge in [0.15, 0.2) is 0 Å². The average Bonchev–Trinajstić information content (AvgIpc) is 2.90. The molecule has 0 saturated heterocycles. The van der Waals surface area contributed by atoms with Gasteiger partial charge in [-0.25, -0.2) is 4.79 Å². The van der Waals surface area contributed by atoms with Crippen molar-refractivity contribution in [1.29, 1.82) is 0 Å². The van der Waals surface area contributed by atoms with Gasteiger partial charge in [-0.05, 0) is 61.4 Å². The molecular formula is C33H50O3. The van der Waals surface area contributed by atoms with Gasteiger partial charge in [0.05, 0.1) is 11.7 Å². The van der Waals surface area contributed by atoms with E-state index in [0.717, 1.165) is 37.9 Å². The van der Waals surface area contributed by atoms with E-state index in [9.17, 15) is 4.79 Å². The van der Waals surface area contributed by atoms with Crippen LogP contribution in [0, 0.1) is 0 Å². The molecular weight excluding hydrogens is 444 g/mol. The third-order valence-electron chi connectivity index (χ3n) is 7.04. The highest BCUT2D eigenvalue weighted by Gasteiger charge is 2.18. The van der Waals surface area contributed by atoms with Crippen molar-refractivity contribution in [1.82, 2.24) is 0 Å². The second kappa shape index (κ2) is 18.2. The van der Waals surface area contributed by atoms with Crippen molar-refractivity contribution in [3.63, 3.8) is 0 Å². The highest BCUT2D eigenvalue weighted by atomic mass is 16.5. The Morgan fingerprint density at radius 3 is 2.00 bits per heavy atom. The summed E-state index contributed by atoms with van der Waals surface area (Å²) in [4.78, 5) is 13.0. The predicted octanol–water partition coefficient (Wildman–Crippen LogP) is 10.2. The van der Waals surface area contributed by atoms with Crippen LogP contribution >= 0.6 is 0 Å². The maximum Gasteiger partial charge on any atom is 0.343 e. The van der Waals surface area contributed by atoms with Gasteiger partial charge in [0.25, 0.3) is 0 Å². The molecule has 0 aromatic heterocycles. The molecule has 200 valence electrons. The molecule has 0 heterocycles. The van der Waals surface area contributed by atoms with Crippen molar-refractivity contribution in [3.8, 4) is 5.75 Å². The lowest BCUT2D eigenvalue weighted by molar-refractivity contribution is 0.0660. The molecule has 36 heavy (non-hydrogen) atoms. The minimum absolute atomic E-state index is 0.0200. The number of para-hydroxylation sites is 1. The molecule has 0 bridgehead atoms. The summed E-state index contributed by atoms with van der Waals surface area (Å²) in [6.07, 6.45) is 16.5. The zero-order valence-electron chi connectivity index (χ0n) is 23.4. The first-order valence-corrected chi connectivity index (χ1v) is 14.6. The summed E-state index contributed by atoms with van der Waals surface area (Å²) >= 11 is 0. The zero-order valence-corrected chi connectivity index (χ0v) is 23.4. The monoisotopic (exact) mass is 494 g/mol. The smallest absolute Gasteiger partial charge is 0.343 e. The number of carbonyl (C=O) groups is 1. The fourth-order valence-electron chi connectivity index (χ4n) is 4.86. The summed E-state index contributed by atoms with van der Waals surface area (Å²) in [5.74, 6) is 0.845. The quantitative estimate of drug-likeness (QED) is 0.111. The predicted molar refractivity (Wildman–Crippen MR) is 152 cm³/mol. The van der Waals surface area contributed by atoms with Gasteiger partial charge in [-0.1, -0.05) is 115 Å². The Morgan fingerprint density at radius 1 is 0.722 bits per heavy atom. The Labute approximate surface area is 221 Å². The number of unbranched alkanes of at least 4 members (excludes halogenated alkanes) is 8. The Morgan fingerprint density at radius 2 is 1.36 bits per heavy atom. The molecule has 0 radical (unpaired) electrons. The summed E-state index contributed by atoms with van der Waals surface area (Å²) < 4.78 is 11.7. The maximum atomic E-state index is 13.0. The van der Waals surface area contributed by atoms with E-state index in [1.165, 1.54) is 63.4 Å². The first-order chi connectivity index (χ1) is 17.6. The minimum atomic E-state index is -0.297. The number of carbonyl (C=O) groups excluding carboxylic acids is 1. The van der Waals surface area contributed by atoms with Crippen molar-refractivity contribution >= 4 is 5.97 Å². The third kappa shape index (κ3) is 10.9. The molecule has 0 amide bonds. The van der Waals surface area contributed by atoms with Crippen molar-refractivity contribution in [2.75, 3.05) is 6.61 Å². The van der Waals surface area contributed by atoms with Crippen LogP contribution in [0.2, 0.25) is 0 Å². The molecule has 3 heteroatoms. The van der Waals surface area contributed by atoms with E-state index in [1.807, 2.05) is 43.3 Å². The van der Waals surface area contributed by atoms with Crippen LogP contribution in [0.1, 0.15) is 145 Å². The van der Waals surface area contributed by atoms with Crippen molar-refractivity contribution in [2.24, 2.45) is 0 Å². The molecule has 2 rings (SSSR count). The normalized spacial score (nSPS) is 12.9. The SMILES string of the molecule is CCCCCCCCCCCC(CCC)c1ccccc1OC(=O)c1ccc(C(C)OCCC)cc1. The Balaban J connectivity index is 1.92. The summed E-state index contributed by atoms with van der Waals surface area (Å²) in [6.45, 7) is 9.39. The summed E-state index contributed by atoms with van der Waals surface area (Å²) in [6, 6.07) is 15.7. The Bertz CT molecular complexity index is 842. The third-order valence-corrected chi connectivity index (χ3v) is 7.04. The van der Waals surface area contributed by atoms with E-state index in [1.54, 1.807) is 0 Å². The standard InChI is InChI=1S/C33H50O3/c1-5-8-9-10-11-12-13-14-15-19-29(18-6-2)31-20-16-17-21-32(31)36-33(34)30-24-22-28(23-25-30)27(4)35-26-7-3/h16-17,20-25,27,29H,5-15,18-19,26H2,1-4H3. The second-order valence-corrected chi connectivity index (χ2v) is 10.2. The summed E-state index contributed by atoms with van der Waals surface area (Å²) in [5, 5.41) is 0. The number of esters is 1. The first-order valence-electron chi connectivity index (χ1n) is 14.6. The topological polar surface area (TPSA) is 35.5 Å². The van der Waals surface area contributed by atoms with Crippen LogP contribution in [0.15, 0.2) is 48.5 Å². The first kappa shape index (κ1) is 30.1. The fourth-order valence-corrected chi connectivity index (χ4v) is 4.86. The molecule has 3 nitrogen and oxygen atoms in total. The molecule has 0 aliphatic carbocycles. The lowest BCUT2D eigenvalue weighted by Gasteiger charge is -2.20. The molecule has 0 N–H and O–H groups in total. The van der Waals surface area contributed by atoms with Crippen LogP contribution in [0.5, 0.6) is 5.75 Å².